The van der Waals surface area contributed by atoms with Gasteiger partial charge in [0.25, 0.3) is 11.8 Å². The van der Waals surface area contributed by atoms with Crippen molar-refractivity contribution in [2.45, 2.75) is 19.1 Å². The Balaban J connectivity index is 2.10. The summed E-state index contributed by atoms with van der Waals surface area (Å²) in [6.07, 6.45) is -4.50. The number of hydrogen-bond acceptors (Lipinski definition) is 3. The summed E-state index contributed by atoms with van der Waals surface area (Å²) in [6.45, 7) is 0.780. The first-order valence-electron chi connectivity index (χ1n) is 8.12. The Morgan fingerprint density at radius 3 is 2.33 bits per heavy atom. The van der Waals surface area contributed by atoms with Crippen molar-refractivity contribution in [3.63, 3.8) is 0 Å². The van der Waals surface area contributed by atoms with Crippen LogP contribution in [0, 0.1) is 0 Å². The quantitative estimate of drug-likeness (QED) is 0.809. The minimum Gasteiger partial charge on any atom is -0.484 e. The van der Waals surface area contributed by atoms with Crippen molar-refractivity contribution < 1.29 is 27.5 Å². The fourth-order valence-electron chi connectivity index (χ4n) is 2.17. The SMILES string of the molecule is CNC(=O)COc1ccc(-c2cccc(C(=O)N[C@@H](C)C(F)(F)F)c2)cc1. The zero-order valence-electron chi connectivity index (χ0n) is 14.8. The fraction of sp³-hybridized carbons (Fsp3) is 0.263. The summed E-state index contributed by atoms with van der Waals surface area (Å²) in [5.74, 6) is -0.562. The van der Waals surface area contributed by atoms with Crippen molar-refractivity contribution >= 4 is 11.8 Å². The summed E-state index contributed by atoms with van der Waals surface area (Å²) in [6, 6.07) is 11.1. The Hall–Kier alpha value is -3.03. The van der Waals surface area contributed by atoms with E-state index < -0.39 is 18.1 Å². The second kappa shape index (κ2) is 8.57. The van der Waals surface area contributed by atoms with Crippen LogP contribution in [-0.4, -0.2) is 37.7 Å². The predicted octanol–water partition coefficient (Wildman–Crippen LogP) is 3.16. The molecule has 5 nitrogen and oxygen atoms in total. The Kier molecular flexibility index (Phi) is 6.44. The molecular formula is C19H19F3N2O3. The van der Waals surface area contributed by atoms with E-state index in [1.54, 1.807) is 36.4 Å². The van der Waals surface area contributed by atoms with Crippen molar-refractivity contribution in [3.05, 3.63) is 54.1 Å². The molecule has 144 valence electrons. The van der Waals surface area contributed by atoms with Crippen molar-refractivity contribution in [3.8, 4) is 16.9 Å². The third-order valence-corrected chi connectivity index (χ3v) is 3.80. The molecule has 0 saturated carbocycles. The molecule has 2 aromatic rings. The van der Waals surface area contributed by atoms with E-state index in [4.69, 9.17) is 4.74 Å². The average Bonchev–Trinajstić information content (AvgIpc) is 2.65. The van der Waals surface area contributed by atoms with E-state index in [-0.39, 0.29) is 18.1 Å². The van der Waals surface area contributed by atoms with Gasteiger partial charge in [-0.05, 0) is 42.3 Å². The van der Waals surface area contributed by atoms with Crippen LogP contribution in [0.4, 0.5) is 13.2 Å². The molecule has 0 aliphatic heterocycles. The smallest absolute Gasteiger partial charge is 0.408 e. The number of ether oxygens (including phenoxy) is 1. The molecule has 2 aromatic carbocycles. The molecule has 0 heterocycles. The lowest BCUT2D eigenvalue weighted by molar-refractivity contribution is -0.149. The summed E-state index contributed by atoms with van der Waals surface area (Å²) in [7, 11) is 1.51. The molecule has 27 heavy (non-hydrogen) atoms. The molecular weight excluding hydrogens is 361 g/mol. The molecule has 2 N–H and O–H groups in total. The second-order valence-corrected chi connectivity index (χ2v) is 5.80. The van der Waals surface area contributed by atoms with Gasteiger partial charge in [-0.25, -0.2) is 0 Å². The molecule has 8 heteroatoms. The first-order chi connectivity index (χ1) is 12.7. The Morgan fingerprint density at radius 1 is 1.07 bits per heavy atom. The minimum atomic E-state index is -4.50. The highest BCUT2D eigenvalue weighted by Gasteiger charge is 2.37. The fourth-order valence-corrected chi connectivity index (χ4v) is 2.17. The van der Waals surface area contributed by atoms with Crippen LogP contribution in [-0.2, 0) is 4.79 Å². The molecule has 0 spiro atoms. The maximum Gasteiger partial charge on any atom is 0.408 e. The molecule has 0 fully saturated rings. The maximum absolute atomic E-state index is 12.6. The van der Waals surface area contributed by atoms with Crippen LogP contribution in [0.15, 0.2) is 48.5 Å². The Labute approximate surface area is 154 Å². The average molecular weight is 380 g/mol. The molecule has 1 atom stereocenters. The predicted molar refractivity (Wildman–Crippen MR) is 94.4 cm³/mol. The standard InChI is InChI=1S/C19H19F3N2O3/c1-12(19(20,21)22)24-18(26)15-5-3-4-14(10-15)13-6-8-16(9-7-13)27-11-17(25)23-2/h3-10,12H,11H2,1-2H3,(H,23,25)(H,24,26)/t12-/m0/s1. The zero-order chi connectivity index (χ0) is 20.0. The number of alkyl halides is 3. The minimum absolute atomic E-state index is 0.108. The van der Waals surface area contributed by atoms with Crippen molar-refractivity contribution in [2.24, 2.45) is 0 Å². The van der Waals surface area contributed by atoms with Gasteiger partial charge >= 0.3 is 6.18 Å². The lowest BCUT2D eigenvalue weighted by Gasteiger charge is -2.17. The van der Waals surface area contributed by atoms with Crippen molar-refractivity contribution in [2.75, 3.05) is 13.7 Å². The summed E-state index contributed by atoms with van der Waals surface area (Å²) in [4.78, 5) is 23.2. The van der Waals surface area contributed by atoms with Gasteiger partial charge in [0.15, 0.2) is 6.61 Å². The first-order valence-corrected chi connectivity index (χ1v) is 8.12. The van der Waals surface area contributed by atoms with Crippen LogP contribution in [0.25, 0.3) is 11.1 Å². The van der Waals surface area contributed by atoms with Gasteiger partial charge in [-0.3, -0.25) is 9.59 Å². The highest BCUT2D eigenvalue weighted by molar-refractivity contribution is 5.95. The molecule has 0 radical (unpaired) electrons. The van der Waals surface area contributed by atoms with Gasteiger partial charge in [-0.1, -0.05) is 24.3 Å². The number of rotatable bonds is 6. The highest BCUT2D eigenvalue weighted by Crippen LogP contribution is 2.24. The van der Waals surface area contributed by atoms with E-state index in [1.807, 2.05) is 5.32 Å². The van der Waals surface area contributed by atoms with Gasteiger partial charge in [0.05, 0.1) is 0 Å². The summed E-state index contributed by atoms with van der Waals surface area (Å²) in [5.41, 5.74) is 1.55. The first kappa shape index (κ1) is 20.3. The molecule has 2 amide bonds. The van der Waals surface area contributed by atoms with Crippen LogP contribution in [0.1, 0.15) is 17.3 Å². The van der Waals surface area contributed by atoms with Crippen LogP contribution in [0.3, 0.4) is 0 Å². The number of carbonyl (C=O) groups is 2. The van der Waals surface area contributed by atoms with Crippen molar-refractivity contribution in [1.29, 1.82) is 0 Å². The van der Waals surface area contributed by atoms with Gasteiger partial charge in [0, 0.05) is 12.6 Å². The second-order valence-electron chi connectivity index (χ2n) is 5.80. The molecule has 0 saturated heterocycles. The van der Waals surface area contributed by atoms with Gasteiger partial charge in [0.1, 0.15) is 11.8 Å². The van der Waals surface area contributed by atoms with Crippen LogP contribution < -0.4 is 15.4 Å². The lowest BCUT2D eigenvalue weighted by Crippen LogP contribution is -2.43. The number of amides is 2. The molecule has 0 aliphatic carbocycles. The largest absolute Gasteiger partial charge is 0.484 e. The van der Waals surface area contributed by atoms with Gasteiger partial charge in [0.2, 0.25) is 0 Å². The van der Waals surface area contributed by atoms with E-state index in [2.05, 4.69) is 5.32 Å². The number of carbonyl (C=O) groups excluding carboxylic acids is 2. The number of benzene rings is 2. The lowest BCUT2D eigenvalue weighted by atomic mass is 10.0. The molecule has 0 bridgehead atoms. The summed E-state index contributed by atoms with van der Waals surface area (Å²) < 4.78 is 43.1. The van der Waals surface area contributed by atoms with Gasteiger partial charge in [-0.2, -0.15) is 13.2 Å². The topological polar surface area (TPSA) is 67.4 Å². The molecule has 0 aliphatic rings. The van der Waals surface area contributed by atoms with Crippen LogP contribution in [0.5, 0.6) is 5.75 Å². The van der Waals surface area contributed by atoms with Crippen LogP contribution in [0.2, 0.25) is 0 Å². The Morgan fingerprint density at radius 2 is 1.74 bits per heavy atom. The summed E-state index contributed by atoms with van der Waals surface area (Å²) in [5, 5.41) is 4.37. The van der Waals surface area contributed by atoms with E-state index in [9.17, 15) is 22.8 Å². The maximum atomic E-state index is 12.6. The van der Waals surface area contributed by atoms with Crippen molar-refractivity contribution in [1.82, 2.24) is 10.6 Å². The molecule has 0 unspecified atom stereocenters. The van der Waals surface area contributed by atoms with E-state index >= 15 is 0 Å². The number of hydrogen-bond donors (Lipinski definition) is 2. The zero-order valence-corrected chi connectivity index (χ0v) is 14.8. The Bertz CT molecular complexity index is 805. The third kappa shape index (κ3) is 5.73. The van der Waals surface area contributed by atoms with E-state index in [0.29, 0.717) is 11.3 Å². The normalized spacial score (nSPS) is 12.2. The van der Waals surface area contributed by atoms with E-state index in [0.717, 1.165) is 12.5 Å². The molecule has 0 aromatic heterocycles. The number of halogens is 3. The van der Waals surface area contributed by atoms with Gasteiger partial charge < -0.3 is 15.4 Å². The number of nitrogens with one attached hydrogen (secondary N) is 2. The monoisotopic (exact) mass is 380 g/mol. The van der Waals surface area contributed by atoms with E-state index in [1.165, 1.54) is 19.2 Å². The summed E-state index contributed by atoms with van der Waals surface area (Å²) >= 11 is 0. The number of likely N-dealkylation sites (N-methyl/N-ethyl adjacent to an activating group) is 1. The van der Waals surface area contributed by atoms with Crippen LogP contribution >= 0.6 is 0 Å². The highest BCUT2D eigenvalue weighted by atomic mass is 19.4. The molecule has 2 rings (SSSR count). The third-order valence-electron chi connectivity index (χ3n) is 3.80. The van der Waals surface area contributed by atoms with Gasteiger partial charge in [-0.15, -0.1) is 0 Å².